The Morgan fingerprint density at radius 1 is 1.25 bits per heavy atom. The SMILES string of the molecule is CCN(NCc1ccc(OC)cc1)C(=O)OC(C)(C)C. The number of ether oxygens (including phenoxy) is 2. The molecule has 0 saturated carbocycles. The molecule has 5 heteroatoms. The van der Waals surface area contributed by atoms with Gasteiger partial charge in [-0.15, -0.1) is 0 Å². The van der Waals surface area contributed by atoms with Gasteiger partial charge in [0.05, 0.1) is 7.11 Å². The van der Waals surface area contributed by atoms with Crippen LogP contribution in [0, 0.1) is 0 Å². The van der Waals surface area contributed by atoms with Gasteiger partial charge in [-0.25, -0.2) is 15.2 Å². The molecule has 112 valence electrons. The average Bonchev–Trinajstić information content (AvgIpc) is 2.38. The van der Waals surface area contributed by atoms with E-state index >= 15 is 0 Å². The summed E-state index contributed by atoms with van der Waals surface area (Å²) in [5.41, 5.74) is 3.63. The predicted molar refractivity (Wildman–Crippen MR) is 78.4 cm³/mol. The van der Waals surface area contributed by atoms with Crippen LogP contribution in [0.25, 0.3) is 0 Å². The molecule has 1 rings (SSSR count). The molecule has 0 spiro atoms. The zero-order valence-electron chi connectivity index (χ0n) is 12.9. The lowest BCUT2D eigenvalue weighted by molar-refractivity contribution is 0.0144. The largest absolute Gasteiger partial charge is 0.497 e. The normalized spacial score (nSPS) is 11.1. The van der Waals surface area contributed by atoms with Crippen LogP contribution in [0.3, 0.4) is 0 Å². The molecule has 5 nitrogen and oxygen atoms in total. The molecule has 1 N–H and O–H groups in total. The highest BCUT2D eigenvalue weighted by Crippen LogP contribution is 2.12. The summed E-state index contributed by atoms with van der Waals surface area (Å²) in [6, 6.07) is 7.69. The molecular weight excluding hydrogens is 256 g/mol. The van der Waals surface area contributed by atoms with Crippen LogP contribution < -0.4 is 10.2 Å². The number of carbonyl (C=O) groups is 1. The maximum absolute atomic E-state index is 11.9. The van der Waals surface area contributed by atoms with Crippen LogP contribution in [0.2, 0.25) is 0 Å². The number of carbonyl (C=O) groups excluding carboxylic acids is 1. The Morgan fingerprint density at radius 3 is 2.30 bits per heavy atom. The molecule has 1 aromatic rings. The minimum Gasteiger partial charge on any atom is -0.497 e. The molecule has 0 saturated heterocycles. The second-order valence-electron chi connectivity index (χ2n) is 5.41. The minimum absolute atomic E-state index is 0.367. The number of benzene rings is 1. The molecule has 0 heterocycles. The molecule has 0 atom stereocenters. The number of rotatable bonds is 5. The molecule has 0 unspecified atom stereocenters. The zero-order chi connectivity index (χ0) is 15.2. The zero-order valence-corrected chi connectivity index (χ0v) is 12.9. The first-order valence-electron chi connectivity index (χ1n) is 6.72. The second-order valence-corrected chi connectivity index (χ2v) is 5.41. The molecule has 0 radical (unpaired) electrons. The van der Waals surface area contributed by atoms with Crippen molar-refractivity contribution in [1.82, 2.24) is 10.4 Å². The third kappa shape index (κ3) is 5.48. The fourth-order valence-corrected chi connectivity index (χ4v) is 1.55. The lowest BCUT2D eigenvalue weighted by Crippen LogP contribution is -2.45. The summed E-state index contributed by atoms with van der Waals surface area (Å²) < 4.78 is 10.4. The van der Waals surface area contributed by atoms with Gasteiger partial charge in [0.1, 0.15) is 11.4 Å². The number of hydrazine groups is 1. The van der Waals surface area contributed by atoms with Gasteiger partial charge in [0.15, 0.2) is 0 Å². The summed E-state index contributed by atoms with van der Waals surface area (Å²) in [6.45, 7) is 8.53. The molecule has 0 bridgehead atoms. The average molecular weight is 280 g/mol. The van der Waals surface area contributed by atoms with Crippen molar-refractivity contribution in [2.45, 2.75) is 39.8 Å². The lowest BCUT2D eigenvalue weighted by Gasteiger charge is -2.26. The summed E-state index contributed by atoms with van der Waals surface area (Å²) in [5, 5.41) is 1.47. The second kappa shape index (κ2) is 7.14. The third-order valence-corrected chi connectivity index (χ3v) is 2.56. The Kier molecular flexibility index (Phi) is 5.82. The Balaban J connectivity index is 2.53. The first-order chi connectivity index (χ1) is 9.35. The highest BCUT2D eigenvalue weighted by molar-refractivity contribution is 5.67. The van der Waals surface area contributed by atoms with Crippen LogP contribution >= 0.6 is 0 Å². The lowest BCUT2D eigenvalue weighted by atomic mass is 10.2. The number of nitrogens with zero attached hydrogens (tertiary/aromatic N) is 1. The van der Waals surface area contributed by atoms with E-state index in [9.17, 15) is 4.79 Å². The van der Waals surface area contributed by atoms with E-state index in [-0.39, 0.29) is 6.09 Å². The Morgan fingerprint density at radius 2 is 1.85 bits per heavy atom. The first-order valence-corrected chi connectivity index (χ1v) is 6.72. The first kappa shape index (κ1) is 16.3. The van der Waals surface area contributed by atoms with E-state index in [1.807, 2.05) is 52.0 Å². The van der Waals surface area contributed by atoms with Crippen molar-refractivity contribution in [1.29, 1.82) is 0 Å². The number of amides is 1. The van der Waals surface area contributed by atoms with Crippen molar-refractivity contribution >= 4 is 6.09 Å². The van der Waals surface area contributed by atoms with Gasteiger partial charge in [-0.3, -0.25) is 0 Å². The maximum Gasteiger partial charge on any atom is 0.424 e. The summed E-state index contributed by atoms with van der Waals surface area (Å²) in [7, 11) is 1.63. The third-order valence-electron chi connectivity index (χ3n) is 2.56. The molecule has 0 aliphatic carbocycles. The fourth-order valence-electron chi connectivity index (χ4n) is 1.55. The van der Waals surface area contributed by atoms with E-state index in [1.54, 1.807) is 7.11 Å². The number of hydrogen-bond donors (Lipinski definition) is 1. The molecule has 0 aliphatic rings. The molecule has 1 amide bonds. The summed E-state index contributed by atoms with van der Waals surface area (Å²) in [4.78, 5) is 11.9. The molecule has 0 aromatic heterocycles. The van der Waals surface area contributed by atoms with E-state index in [0.717, 1.165) is 11.3 Å². The summed E-state index contributed by atoms with van der Waals surface area (Å²) in [6.07, 6.45) is -0.367. The van der Waals surface area contributed by atoms with Gasteiger partial charge in [0.25, 0.3) is 0 Å². The van der Waals surface area contributed by atoms with Gasteiger partial charge in [-0.1, -0.05) is 12.1 Å². The van der Waals surface area contributed by atoms with E-state index < -0.39 is 5.60 Å². The van der Waals surface area contributed by atoms with Crippen molar-refractivity contribution in [3.05, 3.63) is 29.8 Å². The molecular formula is C15H24N2O3. The van der Waals surface area contributed by atoms with Gasteiger partial charge in [0.2, 0.25) is 0 Å². The highest BCUT2D eigenvalue weighted by atomic mass is 16.6. The van der Waals surface area contributed by atoms with Crippen molar-refractivity contribution < 1.29 is 14.3 Å². The summed E-state index contributed by atoms with van der Waals surface area (Å²) >= 11 is 0. The minimum atomic E-state index is -0.494. The molecule has 1 aromatic carbocycles. The Hall–Kier alpha value is -1.75. The van der Waals surface area contributed by atoms with Crippen LogP contribution in [0.1, 0.15) is 33.3 Å². The van der Waals surface area contributed by atoms with Crippen LogP contribution in [0.15, 0.2) is 24.3 Å². The topological polar surface area (TPSA) is 50.8 Å². The number of hydrogen-bond acceptors (Lipinski definition) is 4. The predicted octanol–water partition coefficient (Wildman–Crippen LogP) is 2.96. The number of nitrogens with one attached hydrogen (secondary N) is 1. The highest BCUT2D eigenvalue weighted by Gasteiger charge is 2.20. The Labute approximate surface area is 120 Å². The van der Waals surface area contributed by atoms with Crippen molar-refractivity contribution in [3.8, 4) is 5.75 Å². The van der Waals surface area contributed by atoms with Gasteiger partial charge < -0.3 is 9.47 Å². The monoisotopic (exact) mass is 280 g/mol. The standard InChI is InChI=1S/C15H24N2O3/c1-6-17(14(18)20-15(2,3)4)16-11-12-7-9-13(19-5)10-8-12/h7-10,16H,6,11H2,1-5H3. The maximum atomic E-state index is 11.9. The van der Waals surface area contributed by atoms with Crippen molar-refractivity contribution in [3.63, 3.8) is 0 Å². The smallest absolute Gasteiger partial charge is 0.424 e. The van der Waals surface area contributed by atoms with Crippen molar-refractivity contribution in [2.75, 3.05) is 13.7 Å². The number of methoxy groups -OCH3 is 1. The van der Waals surface area contributed by atoms with Gasteiger partial charge in [-0.2, -0.15) is 0 Å². The van der Waals surface area contributed by atoms with Gasteiger partial charge in [-0.05, 0) is 45.4 Å². The van der Waals surface area contributed by atoms with Gasteiger partial charge in [0, 0.05) is 13.1 Å². The van der Waals surface area contributed by atoms with E-state index in [4.69, 9.17) is 9.47 Å². The van der Waals surface area contributed by atoms with Crippen LogP contribution in [-0.2, 0) is 11.3 Å². The molecule has 20 heavy (non-hydrogen) atoms. The molecule has 0 fully saturated rings. The van der Waals surface area contributed by atoms with Crippen molar-refractivity contribution in [2.24, 2.45) is 0 Å². The van der Waals surface area contributed by atoms with E-state index in [1.165, 1.54) is 5.01 Å². The van der Waals surface area contributed by atoms with E-state index in [2.05, 4.69) is 5.43 Å². The van der Waals surface area contributed by atoms with Crippen LogP contribution in [0.4, 0.5) is 4.79 Å². The summed E-state index contributed by atoms with van der Waals surface area (Å²) in [5.74, 6) is 0.813. The quantitative estimate of drug-likeness (QED) is 0.842. The molecule has 0 aliphatic heterocycles. The van der Waals surface area contributed by atoms with Gasteiger partial charge >= 0.3 is 6.09 Å². The van der Waals surface area contributed by atoms with Crippen LogP contribution in [-0.4, -0.2) is 30.4 Å². The van der Waals surface area contributed by atoms with Crippen LogP contribution in [0.5, 0.6) is 5.75 Å². The van der Waals surface area contributed by atoms with E-state index in [0.29, 0.717) is 13.1 Å². The Bertz CT molecular complexity index is 424. The fraction of sp³-hybridized carbons (Fsp3) is 0.533.